The Morgan fingerprint density at radius 2 is 1.62 bits per heavy atom. The highest BCUT2D eigenvalue weighted by Crippen LogP contribution is 2.23. The third-order valence-electron chi connectivity index (χ3n) is 4.22. The molecule has 0 atom stereocenters. The third kappa shape index (κ3) is 6.11. The number of thioether (sulfide) groups is 1. The Morgan fingerprint density at radius 3 is 2.31 bits per heavy atom. The minimum absolute atomic E-state index is 0.105. The molecule has 0 bridgehead atoms. The molecule has 0 spiro atoms. The highest BCUT2D eigenvalue weighted by Gasteiger charge is 2.08. The number of hydrogen-bond acceptors (Lipinski definition) is 3. The quantitative estimate of drug-likeness (QED) is 0.481. The molecule has 2 N–H and O–H groups in total. The lowest BCUT2D eigenvalue weighted by Gasteiger charge is -2.08. The van der Waals surface area contributed by atoms with Crippen molar-refractivity contribution in [2.24, 2.45) is 0 Å². The van der Waals surface area contributed by atoms with Gasteiger partial charge in [-0.05, 0) is 67.9 Å². The zero-order chi connectivity index (χ0) is 20.8. The highest BCUT2D eigenvalue weighted by molar-refractivity contribution is 8.00. The molecule has 0 heterocycles. The van der Waals surface area contributed by atoms with Crippen LogP contribution < -0.4 is 10.6 Å². The molecule has 0 radical (unpaired) electrons. The minimum Gasteiger partial charge on any atom is -0.325 e. The van der Waals surface area contributed by atoms with Crippen LogP contribution in [0.1, 0.15) is 21.5 Å². The molecule has 4 nitrogen and oxygen atoms in total. The van der Waals surface area contributed by atoms with Crippen LogP contribution in [0, 0.1) is 13.8 Å². The van der Waals surface area contributed by atoms with E-state index in [0.29, 0.717) is 22.0 Å². The zero-order valence-electron chi connectivity index (χ0n) is 16.2. The zero-order valence-corrected chi connectivity index (χ0v) is 17.7. The number of carbonyl (C=O) groups excluding carboxylic acids is 2. The van der Waals surface area contributed by atoms with Gasteiger partial charge in [-0.3, -0.25) is 9.59 Å². The van der Waals surface area contributed by atoms with Crippen molar-refractivity contribution in [2.75, 3.05) is 16.4 Å². The van der Waals surface area contributed by atoms with E-state index in [1.807, 2.05) is 68.4 Å². The molecule has 29 heavy (non-hydrogen) atoms. The Balaban J connectivity index is 1.51. The van der Waals surface area contributed by atoms with E-state index in [-0.39, 0.29) is 17.6 Å². The maximum atomic E-state index is 12.3. The number of carbonyl (C=O) groups is 2. The summed E-state index contributed by atoms with van der Waals surface area (Å²) in [6.45, 7) is 3.86. The fourth-order valence-electron chi connectivity index (χ4n) is 2.64. The SMILES string of the molecule is Cc1cccc(C(=O)Nc2ccc(SCC(=O)Nc3ccc(C)c(Cl)c3)cc2)c1. The van der Waals surface area contributed by atoms with Gasteiger partial charge in [-0.1, -0.05) is 35.4 Å². The summed E-state index contributed by atoms with van der Waals surface area (Å²) in [5.74, 6) is 0.0255. The number of nitrogens with one attached hydrogen (secondary N) is 2. The van der Waals surface area contributed by atoms with Crippen LogP contribution in [0.15, 0.2) is 71.6 Å². The molecule has 0 fully saturated rings. The molecule has 0 unspecified atom stereocenters. The van der Waals surface area contributed by atoms with Gasteiger partial charge in [0.1, 0.15) is 0 Å². The Morgan fingerprint density at radius 1 is 0.897 bits per heavy atom. The fourth-order valence-corrected chi connectivity index (χ4v) is 3.52. The largest absolute Gasteiger partial charge is 0.325 e. The van der Waals surface area contributed by atoms with Crippen LogP contribution in [-0.4, -0.2) is 17.6 Å². The van der Waals surface area contributed by atoms with Gasteiger partial charge in [0.15, 0.2) is 0 Å². The van der Waals surface area contributed by atoms with Gasteiger partial charge in [0.25, 0.3) is 5.91 Å². The van der Waals surface area contributed by atoms with Gasteiger partial charge in [-0.25, -0.2) is 0 Å². The third-order valence-corrected chi connectivity index (χ3v) is 5.64. The van der Waals surface area contributed by atoms with Crippen molar-refractivity contribution in [1.29, 1.82) is 0 Å². The maximum Gasteiger partial charge on any atom is 0.255 e. The standard InChI is InChI=1S/C23H21ClN2O2S/c1-15-4-3-5-17(12-15)23(28)26-18-8-10-20(11-9-18)29-14-22(27)25-19-7-6-16(2)21(24)13-19/h3-13H,14H2,1-2H3,(H,25,27)(H,26,28). The number of benzene rings is 3. The highest BCUT2D eigenvalue weighted by atomic mass is 35.5. The first kappa shape index (κ1) is 21.0. The summed E-state index contributed by atoms with van der Waals surface area (Å²) in [5.41, 5.74) is 4.01. The molecule has 0 aromatic heterocycles. The van der Waals surface area contributed by atoms with Gasteiger partial charge in [0, 0.05) is 26.9 Å². The van der Waals surface area contributed by atoms with Crippen LogP contribution in [0.25, 0.3) is 0 Å². The second-order valence-corrected chi connectivity index (χ2v) is 8.10. The van der Waals surface area contributed by atoms with Gasteiger partial charge < -0.3 is 10.6 Å². The van der Waals surface area contributed by atoms with E-state index in [9.17, 15) is 9.59 Å². The summed E-state index contributed by atoms with van der Waals surface area (Å²) < 4.78 is 0. The van der Waals surface area contributed by atoms with E-state index in [2.05, 4.69) is 10.6 Å². The van der Waals surface area contributed by atoms with Crippen LogP contribution in [0.3, 0.4) is 0 Å². The number of anilines is 2. The molecule has 3 aromatic carbocycles. The molecular weight excluding hydrogens is 404 g/mol. The molecular formula is C23H21ClN2O2S. The van der Waals surface area contributed by atoms with Gasteiger partial charge in [0.05, 0.1) is 5.75 Å². The number of rotatable bonds is 6. The summed E-state index contributed by atoms with van der Waals surface area (Å²) in [7, 11) is 0. The second-order valence-electron chi connectivity index (χ2n) is 6.65. The average molecular weight is 425 g/mol. The maximum absolute atomic E-state index is 12.3. The molecule has 6 heteroatoms. The van der Waals surface area contributed by atoms with Crippen LogP contribution in [-0.2, 0) is 4.79 Å². The van der Waals surface area contributed by atoms with Crippen molar-refractivity contribution in [1.82, 2.24) is 0 Å². The lowest BCUT2D eigenvalue weighted by molar-refractivity contribution is -0.113. The molecule has 0 saturated heterocycles. The topological polar surface area (TPSA) is 58.2 Å². The van der Waals surface area contributed by atoms with E-state index in [1.54, 1.807) is 12.1 Å². The molecule has 148 valence electrons. The first-order chi connectivity index (χ1) is 13.9. The molecule has 0 saturated carbocycles. The molecule has 0 aliphatic carbocycles. The van der Waals surface area contributed by atoms with Gasteiger partial charge in [-0.2, -0.15) is 0 Å². The predicted octanol–water partition coefficient (Wildman–Crippen LogP) is 5.94. The van der Waals surface area contributed by atoms with Crippen molar-refractivity contribution in [3.05, 3.63) is 88.4 Å². The number of hydrogen-bond donors (Lipinski definition) is 2. The van der Waals surface area contributed by atoms with Gasteiger partial charge >= 0.3 is 0 Å². The van der Waals surface area contributed by atoms with E-state index in [0.717, 1.165) is 16.0 Å². The first-order valence-corrected chi connectivity index (χ1v) is 10.4. The Kier molecular flexibility index (Phi) is 6.96. The summed E-state index contributed by atoms with van der Waals surface area (Å²) in [6.07, 6.45) is 0. The first-order valence-electron chi connectivity index (χ1n) is 9.07. The van der Waals surface area contributed by atoms with Crippen LogP contribution in [0.2, 0.25) is 5.02 Å². The summed E-state index contributed by atoms with van der Waals surface area (Å²) >= 11 is 7.50. The minimum atomic E-state index is -0.148. The van der Waals surface area contributed by atoms with Crippen molar-refractivity contribution in [3.8, 4) is 0 Å². The van der Waals surface area contributed by atoms with E-state index < -0.39 is 0 Å². The summed E-state index contributed by atoms with van der Waals surface area (Å²) in [5, 5.41) is 6.34. The lowest BCUT2D eigenvalue weighted by Crippen LogP contribution is -2.14. The van der Waals surface area contributed by atoms with Crippen molar-refractivity contribution < 1.29 is 9.59 Å². The van der Waals surface area contributed by atoms with Crippen LogP contribution in [0.4, 0.5) is 11.4 Å². The summed E-state index contributed by atoms with van der Waals surface area (Å²) in [4.78, 5) is 25.4. The van der Waals surface area contributed by atoms with E-state index >= 15 is 0 Å². The van der Waals surface area contributed by atoms with Crippen LogP contribution in [0.5, 0.6) is 0 Å². The summed E-state index contributed by atoms with van der Waals surface area (Å²) in [6, 6.07) is 20.3. The molecule has 0 aliphatic heterocycles. The second kappa shape index (κ2) is 9.63. The molecule has 3 aromatic rings. The monoisotopic (exact) mass is 424 g/mol. The Bertz CT molecular complexity index is 1040. The lowest BCUT2D eigenvalue weighted by atomic mass is 10.1. The van der Waals surface area contributed by atoms with Crippen molar-refractivity contribution in [3.63, 3.8) is 0 Å². The molecule has 0 aliphatic rings. The van der Waals surface area contributed by atoms with Crippen LogP contribution >= 0.6 is 23.4 Å². The van der Waals surface area contributed by atoms with Gasteiger partial charge in [0.2, 0.25) is 5.91 Å². The van der Waals surface area contributed by atoms with Gasteiger partial charge in [-0.15, -0.1) is 11.8 Å². The predicted molar refractivity (Wildman–Crippen MR) is 121 cm³/mol. The molecule has 3 rings (SSSR count). The average Bonchev–Trinajstić information content (AvgIpc) is 2.70. The normalized spacial score (nSPS) is 10.4. The number of aryl methyl sites for hydroxylation is 2. The fraction of sp³-hybridized carbons (Fsp3) is 0.130. The van der Waals surface area contributed by atoms with Crippen molar-refractivity contribution in [2.45, 2.75) is 18.7 Å². The van der Waals surface area contributed by atoms with E-state index in [1.165, 1.54) is 11.8 Å². The Labute approximate surface area is 179 Å². The number of amides is 2. The Hall–Kier alpha value is -2.76. The van der Waals surface area contributed by atoms with E-state index in [4.69, 9.17) is 11.6 Å². The number of halogens is 1. The molecule has 2 amide bonds. The van der Waals surface area contributed by atoms with Crippen molar-refractivity contribution >= 4 is 46.6 Å². The smallest absolute Gasteiger partial charge is 0.255 e.